The van der Waals surface area contributed by atoms with E-state index in [2.05, 4.69) is 0 Å². The summed E-state index contributed by atoms with van der Waals surface area (Å²) in [4.78, 5) is 0. The lowest BCUT2D eigenvalue weighted by Gasteiger charge is -1.65. The van der Waals surface area contributed by atoms with E-state index in [9.17, 15) is 17.6 Å². The average molecular weight is 156 g/mol. The first-order valence-electron chi connectivity index (χ1n) is 2.44. The van der Waals surface area contributed by atoms with Crippen molar-refractivity contribution in [1.29, 1.82) is 0 Å². The van der Waals surface area contributed by atoms with Crippen molar-refractivity contribution in [1.82, 2.24) is 0 Å². The molecular weight excluding hydrogens is 148 g/mol. The van der Waals surface area contributed by atoms with Crippen molar-refractivity contribution >= 4 is 0 Å². The van der Waals surface area contributed by atoms with E-state index in [-0.39, 0.29) is 6.33 Å². The normalized spacial score (nSPS) is 9.60. The van der Waals surface area contributed by atoms with Crippen molar-refractivity contribution in [3.63, 3.8) is 0 Å². The van der Waals surface area contributed by atoms with Gasteiger partial charge in [0.2, 0.25) is 0 Å². The Morgan fingerprint density at radius 2 is 1.40 bits per heavy atom. The molecule has 0 N–H and O–H groups in total. The van der Waals surface area contributed by atoms with E-state index in [0.29, 0.717) is 0 Å². The molecule has 0 rings (SSSR count). The van der Waals surface area contributed by atoms with E-state index in [4.69, 9.17) is 0 Å². The zero-order valence-electron chi connectivity index (χ0n) is 5.67. The Bertz CT molecular complexity index is 102. The van der Waals surface area contributed by atoms with Gasteiger partial charge in [-0.25, -0.2) is 8.78 Å². The summed E-state index contributed by atoms with van der Waals surface area (Å²) in [5, 5.41) is 0. The predicted octanol–water partition coefficient (Wildman–Crippen LogP) is 3.57. The Labute approximate surface area is 56.9 Å². The lowest BCUT2D eigenvalue weighted by Crippen LogP contribution is -1.46. The minimum atomic E-state index is -1.62. The molecule has 0 aromatic carbocycles. The van der Waals surface area contributed by atoms with E-state index >= 15 is 0 Å². The van der Waals surface area contributed by atoms with Crippen LogP contribution in [0.4, 0.5) is 17.6 Å². The van der Waals surface area contributed by atoms with Crippen LogP contribution in [0, 0.1) is 0 Å². The van der Waals surface area contributed by atoms with Crippen LogP contribution < -0.4 is 0 Å². The van der Waals surface area contributed by atoms with Crippen molar-refractivity contribution in [2.45, 2.75) is 13.8 Å². The molecule has 0 unspecified atom stereocenters. The summed E-state index contributed by atoms with van der Waals surface area (Å²) < 4.78 is 42.7. The van der Waals surface area contributed by atoms with Crippen LogP contribution in [-0.2, 0) is 0 Å². The van der Waals surface area contributed by atoms with Crippen molar-refractivity contribution in [2.24, 2.45) is 0 Å². The third-order valence-electron chi connectivity index (χ3n) is 0.369. The van der Waals surface area contributed by atoms with Gasteiger partial charge >= 0.3 is 0 Å². The highest BCUT2D eigenvalue weighted by molar-refractivity contribution is 4.75. The fraction of sp³-hybridized carbons (Fsp3) is 0.333. The molecule has 0 spiro atoms. The Kier molecular flexibility index (Phi) is 9.79. The number of hydrogen-bond acceptors (Lipinski definition) is 0. The van der Waals surface area contributed by atoms with Gasteiger partial charge in [-0.05, 0) is 19.9 Å². The predicted molar refractivity (Wildman–Crippen MR) is 31.9 cm³/mol. The van der Waals surface area contributed by atoms with Crippen LogP contribution in [0.15, 0.2) is 24.3 Å². The zero-order valence-corrected chi connectivity index (χ0v) is 5.67. The number of halogens is 4. The van der Waals surface area contributed by atoms with Gasteiger partial charge in [-0.3, -0.25) is 0 Å². The molecule has 0 saturated heterocycles. The van der Waals surface area contributed by atoms with Crippen LogP contribution in [0.3, 0.4) is 0 Å². The van der Waals surface area contributed by atoms with Crippen molar-refractivity contribution in [2.75, 3.05) is 0 Å². The topological polar surface area (TPSA) is 0 Å². The molecule has 0 bridgehead atoms. The van der Waals surface area contributed by atoms with E-state index in [0.717, 1.165) is 13.0 Å². The summed E-state index contributed by atoms with van der Waals surface area (Å²) in [5.41, 5.74) is 0. The molecule has 4 heteroatoms. The molecule has 0 heterocycles. The maximum absolute atomic E-state index is 10.9. The molecule has 0 radical (unpaired) electrons. The van der Waals surface area contributed by atoms with Crippen molar-refractivity contribution < 1.29 is 17.6 Å². The second-order valence-electron chi connectivity index (χ2n) is 1.27. The van der Waals surface area contributed by atoms with Gasteiger partial charge in [0.25, 0.3) is 6.08 Å². The molecular formula is C6H8F4. The monoisotopic (exact) mass is 156 g/mol. The van der Waals surface area contributed by atoms with E-state index in [1.807, 2.05) is 0 Å². The molecule has 0 atom stereocenters. The third kappa shape index (κ3) is 27.0. The Morgan fingerprint density at radius 1 is 1.20 bits per heavy atom. The summed E-state index contributed by atoms with van der Waals surface area (Å²) in [7, 11) is 0. The smallest absolute Gasteiger partial charge is 0.213 e. The highest BCUT2D eigenvalue weighted by Gasteiger charge is 1.74. The molecule has 0 saturated carbocycles. The molecule has 0 aliphatic rings. The van der Waals surface area contributed by atoms with E-state index in [1.54, 1.807) is 0 Å². The molecule has 0 aliphatic heterocycles. The van der Waals surface area contributed by atoms with Gasteiger partial charge in [0.05, 0.1) is 0 Å². The molecule has 10 heavy (non-hydrogen) atoms. The van der Waals surface area contributed by atoms with E-state index in [1.165, 1.54) is 6.92 Å². The second kappa shape index (κ2) is 8.20. The molecule has 0 fully saturated rings. The van der Waals surface area contributed by atoms with Crippen molar-refractivity contribution in [3.8, 4) is 0 Å². The minimum absolute atomic E-state index is 0.0833. The maximum atomic E-state index is 10.9. The molecule has 0 amide bonds. The van der Waals surface area contributed by atoms with Gasteiger partial charge in [0.1, 0.15) is 12.2 Å². The fourth-order valence-corrected chi connectivity index (χ4v) is 0. The SMILES string of the molecule is CC(F)=CF.CC=C(F)F. The first-order valence-corrected chi connectivity index (χ1v) is 2.44. The quantitative estimate of drug-likeness (QED) is 0.470. The molecule has 0 aliphatic carbocycles. The largest absolute Gasteiger partial charge is 0.266 e. The number of rotatable bonds is 0. The fourth-order valence-electron chi connectivity index (χ4n) is 0. The Morgan fingerprint density at radius 3 is 1.40 bits per heavy atom. The first-order chi connectivity index (χ1) is 4.54. The zero-order chi connectivity index (χ0) is 8.57. The Hall–Kier alpha value is -0.800. The number of allylic oxidation sites excluding steroid dienone is 2. The van der Waals surface area contributed by atoms with Gasteiger partial charge in [-0.15, -0.1) is 0 Å². The average Bonchev–Trinajstić information content (AvgIpc) is 1.89. The maximum Gasteiger partial charge on any atom is 0.266 e. The molecule has 60 valence electrons. The van der Waals surface area contributed by atoms with E-state index < -0.39 is 11.9 Å². The van der Waals surface area contributed by atoms with Crippen LogP contribution in [0.5, 0.6) is 0 Å². The van der Waals surface area contributed by atoms with Crippen molar-refractivity contribution in [3.05, 3.63) is 24.3 Å². The second-order valence-corrected chi connectivity index (χ2v) is 1.27. The number of hydrogen-bond donors (Lipinski definition) is 0. The summed E-state index contributed by atoms with van der Waals surface area (Å²) in [6.45, 7) is 2.33. The Balaban J connectivity index is 0. The van der Waals surface area contributed by atoms with Gasteiger partial charge in [0.15, 0.2) is 0 Å². The first kappa shape index (κ1) is 11.9. The van der Waals surface area contributed by atoms with Gasteiger partial charge in [-0.2, -0.15) is 8.78 Å². The van der Waals surface area contributed by atoms with Crippen LogP contribution in [0.1, 0.15) is 13.8 Å². The minimum Gasteiger partial charge on any atom is -0.213 e. The van der Waals surface area contributed by atoms with Gasteiger partial charge < -0.3 is 0 Å². The molecule has 0 nitrogen and oxygen atoms in total. The van der Waals surface area contributed by atoms with Crippen LogP contribution in [-0.4, -0.2) is 0 Å². The standard InChI is InChI=1S/2C3H4F2/c1-3(5)2-4;1-2-3(4)5/h2*2H,1H3. The van der Waals surface area contributed by atoms with Crippen LogP contribution >= 0.6 is 0 Å². The summed E-state index contributed by atoms with van der Waals surface area (Å²) in [6.07, 6.45) is -0.954. The molecule has 0 aromatic rings. The highest BCUT2D eigenvalue weighted by atomic mass is 19.3. The highest BCUT2D eigenvalue weighted by Crippen LogP contribution is 1.92. The molecule has 0 aromatic heterocycles. The lowest BCUT2D eigenvalue weighted by atomic mass is 10.7. The van der Waals surface area contributed by atoms with Gasteiger partial charge in [0, 0.05) is 0 Å². The van der Waals surface area contributed by atoms with Gasteiger partial charge in [-0.1, -0.05) is 0 Å². The lowest BCUT2D eigenvalue weighted by molar-refractivity contribution is 0.420. The summed E-state index contributed by atoms with van der Waals surface area (Å²) >= 11 is 0. The van der Waals surface area contributed by atoms with Crippen LogP contribution in [0.2, 0.25) is 0 Å². The van der Waals surface area contributed by atoms with Crippen LogP contribution in [0.25, 0.3) is 0 Å². The third-order valence-corrected chi connectivity index (χ3v) is 0.369. The summed E-state index contributed by atoms with van der Waals surface area (Å²) in [6, 6.07) is 0. The summed E-state index contributed by atoms with van der Waals surface area (Å²) in [5.74, 6) is -0.787.